The second-order valence-electron chi connectivity index (χ2n) is 5.40. The molecular formula is C16H26N2. The minimum absolute atomic E-state index is 0.740. The van der Waals surface area contributed by atoms with Crippen molar-refractivity contribution in [2.75, 3.05) is 24.5 Å². The van der Waals surface area contributed by atoms with Crippen LogP contribution in [0.4, 0.5) is 5.69 Å². The van der Waals surface area contributed by atoms with E-state index in [1.54, 1.807) is 0 Å². The van der Waals surface area contributed by atoms with Gasteiger partial charge in [0.1, 0.15) is 0 Å². The molecule has 2 nitrogen and oxygen atoms in total. The molecule has 1 aromatic carbocycles. The second-order valence-corrected chi connectivity index (χ2v) is 5.40. The summed E-state index contributed by atoms with van der Waals surface area (Å²) in [5.74, 6) is 0. The normalized spacial score (nSPS) is 17.3. The van der Waals surface area contributed by atoms with Crippen LogP contribution in [-0.2, 0) is 6.42 Å². The number of benzene rings is 1. The minimum Gasteiger partial charge on any atom is -0.372 e. The fraction of sp³-hybridized carbons (Fsp3) is 0.625. The van der Waals surface area contributed by atoms with E-state index in [9.17, 15) is 0 Å². The first-order chi connectivity index (χ1) is 8.81. The lowest BCUT2D eigenvalue weighted by atomic mass is 10.0. The van der Waals surface area contributed by atoms with Crippen molar-refractivity contribution in [2.24, 2.45) is 5.73 Å². The van der Waals surface area contributed by atoms with Crippen LogP contribution in [0.2, 0.25) is 0 Å². The van der Waals surface area contributed by atoms with Crippen molar-refractivity contribution in [2.45, 2.75) is 45.4 Å². The molecule has 1 heterocycles. The number of anilines is 1. The van der Waals surface area contributed by atoms with Gasteiger partial charge >= 0.3 is 0 Å². The van der Waals surface area contributed by atoms with E-state index in [0.29, 0.717) is 0 Å². The molecule has 0 aliphatic carbocycles. The summed E-state index contributed by atoms with van der Waals surface area (Å²) in [4.78, 5) is 2.55. The molecule has 1 saturated heterocycles. The highest BCUT2D eigenvalue weighted by Gasteiger charge is 2.10. The van der Waals surface area contributed by atoms with Crippen molar-refractivity contribution in [3.05, 3.63) is 29.3 Å². The van der Waals surface area contributed by atoms with Gasteiger partial charge in [-0.2, -0.15) is 0 Å². The van der Waals surface area contributed by atoms with E-state index in [0.717, 1.165) is 13.0 Å². The molecule has 0 amide bonds. The first-order valence-corrected chi connectivity index (χ1v) is 7.36. The van der Waals surface area contributed by atoms with Gasteiger partial charge in [0.05, 0.1) is 0 Å². The van der Waals surface area contributed by atoms with Crippen LogP contribution in [0, 0.1) is 6.92 Å². The summed E-state index contributed by atoms with van der Waals surface area (Å²) in [6.45, 7) is 5.38. The lowest BCUT2D eigenvalue weighted by Crippen LogP contribution is -2.27. The van der Waals surface area contributed by atoms with Crippen molar-refractivity contribution >= 4 is 5.69 Å². The molecule has 1 fully saturated rings. The van der Waals surface area contributed by atoms with Crippen LogP contribution in [0.5, 0.6) is 0 Å². The standard InChI is InChI=1S/C16H26N2/c1-14-13-16(8-7-15(14)9-10-17)18-11-5-3-2-4-6-12-18/h7-8,13H,2-6,9-12,17H2,1H3. The lowest BCUT2D eigenvalue weighted by Gasteiger charge is -2.27. The topological polar surface area (TPSA) is 29.3 Å². The third-order valence-corrected chi connectivity index (χ3v) is 3.96. The van der Waals surface area contributed by atoms with Gasteiger partial charge in [-0.15, -0.1) is 0 Å². The van der Waals surface area contributed by atoms with Crippen LogP contribution in [0.1, 0.15) is 43.2 Å². The van der Waals surface area contributed by atoms with E-state index >= 15 is 0 Å². The average molecular weight is 246 g/mol. The van der Waals surface area contributed by atoms with Gasteiger partial charge in [-0.25, -0.2) is 0 Å². The Hall–Kier alpha value is -1.02. The van der Waals surface area contributed by atoms with Crippen molar-refractivity contribution < 1.29 is 0 Å². The molecule has 0 saturated carbocycles. The van der Waals surface area contributed by atoms with Crippen LogP contribution in [0.3, 0.4) is 0 Å². The van der Waals surface area contributed by atoms with Crippen LogP contribution in [-0.4, -0.2) is 19.6 Å². The predicted octanol–water partition coefficient (Wildman–Crippen LogP) is 3.27. The zero-order valence-corrected chi connectivity index (χ0v) is 11.6. The summed E-state index contributed by atoms with van der Waals surface area (Å²) >= 11 is 0. The highest BCUT2D eigenvalue weighted by Crippen LogP contribution is 2.22. The predicted molar refractivity (Wildman–Crippen MR) is 79.2 cm³/mol. The van der Waals surface area contributed by atoms with Gasteiger partial charge in [0.15, 0.2) is 0 Å². The number of nitrogens with zero attached hydrogens (tertiary/aromatic N) is 1. The molecule has 0 bridgehead atoms. The molecule has 100 valence electrons. The third kappa shape index (κ3) is 3.49. The van der Waals surface area contributed by atoms with Crippen molar-refractivity contribution in [1.82, 2.24) is 0 Å². The molecule has 1 aromatic rings. The Morgan fingerprint density at radius 1 is 1.06 bits per heavy atom. The summed E-state index contributed by atoms with van der Waals surface area (Å²) in [6.07, 6.45) is 7.86. The lowest BCUT2D eigenvalue weighted by molar-refractivity contribution is 0.556. The van der Waals surface area contributed by atoms with Gasteiger partial charge < -0.3 is 10.6 Å². The van der Waals surface area contributed by atoms with Crippen LogP contribution < -0.4 is 10.6 Å². The molecular weight excluding hydrogens is 220 g/mol. The Morgan fingerprint density at radius 3 is 2.33 bits per heavy atom. The van der Waals surface area contributed by atoms with E-state index in [4.69, 9.17) is 5.73 Å². The molecule has 0 unspecified atom stereocenters. The summed E-state index contributed by atoms with van der Waals surface area (Å²) < 4.78 is 0. The number of aryl methyl sites for hydroxylation is 1. The molecule has 0 atom stereocenters. The number of hydrogen-bond donors (Lipinski definition) is 1. The average Bonchev–Trinajstić information content (AvgIpc) is 2.32. The SMILES string of the molecule is Cc1cc(N2CCCCCCC2)ccc1CCN. The smallest absolute Gasteiger partial charge is 0.0369 e. The molecule has 0 radical (unpaired) electrons. The van der Waals surface area contributed by atoms with E-state index < -0.39 is 0 Å². The summed E-state index contributed by atoms with van der Waals surface area (Å²) in [5, 5.41) is 0. The molecule has 0 spiro atoms. The third-order valence-electron chi connectivity index (χ3n) is 3.96. The van der Waals surface area contributed by atoms with Crippen molar-refractivity contribution in [3.8, 4) is 0 Å². The largest absolute Gasteiger partial charge is 0.372 e. The van der Waals surface area contributed by atoms with E-state index in [1.165, 1.54) is 62.0 Å². The van der Waals surface area contributed by atoms with Crippen LogP contribution >= 0.6 is 0 Å². The van der Waals surface area contributed by atoms with Gasteiger partial charge in [0, 0.05) is 18.8 Å². The Balaban J connectivity index is 2.08. The van der Waals surface area contributed by atoms with E-state index in [2.05, 4.69) is 30.0 Å². The first-order valence-electron chi connectivity index (χ1n) is 7.36. The van der Waals surface area contributed by atoms with E-state index in [1.807, 2.05) is 0 Å². The first kappa shape index (κ1) is 13.4. The summed E-state index contributed by atoms with van der Waals surface area (Å²) in [5.41, 5.74) is 9.82. The minimum atomic E-state index is 0.740. The van der Waals surface area contributed by atoms with Crippen LogP contribution in [0.25, 0.3) is 0 Å². The Labute approximate surface area is 111 Å². The zero-order chi connectivity index (χ0) is 12.8. The molecule has 1 aliphatic rings. The van der Waals surface area contributed by atoms with Crippen LogP contribution in [0.15, 0.2) is 18.2 Å². The van der Waals surface area contributed by atoms with Crippen molar-refractivity contribution in [1.29, 1.82) is 0 Å². The molecule has 18 heavy (non-hydrogen) atoms. The fourth-order valence-electron chi connectivity index (χ4n) is 2.82. The second kappa shape index (κ2) is 6.79. The van der Waals surface area contributed by atoms with Crippen molar-refractivity contribution in [3.63, 3.8) is 0 Å². The molecule has 2 heteroatoms. The highest BCUT2D eigenvalue weighted by molar-refractivity contribution is 5.51. The summed E-state index contributed by atoms with van der Waals surface area (Å²) in [7, 11) is 0. The number of nitrogens with two attached hydrogens (primary N) is 1. The van der Waals surface area contributed by atoms with E-state index in [-0.39, 0.29) is 0 Å². The monoisotopic (exact) mass is 246 g/mol. The Kier molecular flexibility index (Phi) is 5.06. The Bertz CT molecular complexity index is 365. The molecule has 2 rings (SSSR count). The molecule has 2 N–H and O–H groups in total. The number of hydrogen-bond acceptors (Lipinski definition) is 2. The highest BCUT2D eigenvalue weighted by atomic mass is 15.1. The maximum Gasteiger partial charge on any atom is 0.0369 e. The van der Waals surface area contributed by atoms with Gasteiger partial charge in [0.2, 0.25) is 0 Å². The molecule has 1 aliphatic heterocycles. The quantitative estimate of drug-likeness (QED) is 0.887. The summed E-state index contributed by atoms with van der Waals surface area (Å²) in [6, 6.07) is 6.88. The molecule has 0 aromatic heterocycles. The van der Waals surface area contributed by atoms with Gasteiger partial charge in [-0.3, -0.25) is 0 Å². The van der Waals surface area contributed by atoms with Gasteiger partial charge in [-0.05, 0) is 56.0 Å². The Morgan fingerprint density at radius 2 is 1.72 bits per heavy atom. The maximum absolute atomic E-state index is 5.64. The number of rotatable bonds is 3. The van der Waals surface area contributed by atoms with Gasteiger partial charge in [0.25, 0.3) is 0 Å². The van der Waals surface area contributed by atoms with Gasteiger partial charge in [-0.1, -0.05) is 25.3 Å². The zero-order valence-electron chi connectivity index (χ0n) is 11.6. The maximum atomic E-state index is 5.64. The fourth-order valence-corrected chi connectivity index (χ4v) is 2.82.